The molecule has 1 saturated heterocycles. The number of urea groups is 1. The number of likely N-dealkylation sites (tertiary alicyclic amines) is 1. The molecule has 1 aliphatic heterocycles. The van der Waals surface area contributed by atoms with Gasteiger partial charge in [0.2, 0.25) is 5.91 Å². The smallest absolute Gasteiger partial charge is 0.319 e. The van der Waals surface area contributed by atoms with Crippen LogP contribution < -0.4 is 10.6 Å². The first-order valence-corrected chi connectivity index (χ1v) is 7.02. The Labute approximate surface area is 120 Å². The molecule has 0 bridgehead atoms. The standard InChI is InChI=1S/C13H16BrN3O2/c14-10-3-5-11(6-4-10)16-13(19)15-9-12(18)17-7-1-2-8-17/h3-6H,1-2,7-9H2,(H2,15,16,19). The Hall–Kier alpha value is -1.56. The van der Waals surface area contributed by atoms with Gasteiger partial charge in [0.1, 0.15) is 0 Å². The summed E-state index contributed by atoms with van der Waals surface area (Å²) >= 11 is 3.32. The molecule has 0 unspecified atom stereocenters. The number of nitrogens with one attached hydrogen (secondary N) is 2. The number of amides is 3. The predicted molar refractivity (Wildman–Crippen MR) is 77.0 cm³/mol. The Morgan fingerprint density at radius 3 is 2.42 bits per heavy atom. The predicted octanol–water partition coefficient (Wildman–Crippen LogP) is 2.19. The third-order valence-corrected chi connectivity index (χ3v) is 3.49. The molecule has 0 atom stereocenters. The number of benzene rings is 1. The van der Waals surface area contributed by atoms with E-state index >= 15 is 0 Å². The summed E-state index contributed by atoms with van der Waals surface area (Å²) in [5.41, 5.74) is 0.689. The van der Waals surface area contributed by atoms with Crippen molar-refractivity contribution in [2.75, 3.05) is 25.0 Å². The molecule has 6 heteroatoms. The molecule has 1 aromatic rings. The SMILES string of the molecule is O=C(NCC(=O)N1CCCC1)Nc1ccc(Br)cc1. The summed E-state index contributed by atoms with van der Waals surface area (Å²) in [5, 5.41) is 5.24. The molecule has 3 amide bonds. The van der Waals surface area contributed by atoms with E-state index in [0.717, 1.165) is 30.4 Å². The highest BCUT2D eigenvalue weighted by Gasteiger charge is 2.17. The quantitative estimate of drug-likeness (QED) is 0.894. The Bertz CT molecular complexity index is 455. The third-order valence-electron chi connectivity index (χ3n) is 2.96. The third kappa shape index (κ3) is 4.24. The maximum Gasteiger partial charge on any atom is 0.319 e. The molecule has 2 rings (SSSR count). The molecule has 0 aliphatic carbocycles. The van der Waals surface area contributed by atoms with Crippen molar-refractivity contribution in [3.63, 3.8) is 0 Å². The van der Waals surface area contributed by atoms with Crippen molar-refractivity contribution in [1.82, 2.24) is 10.2 Å². The lowest BCUT2D eigenvalue weighted by Gasteiger charge is -2.15. The fraction of sp³-hybridized carbons (Fsp3) is 0.385. The van der Waals surface area contributed by atoms with Gasteiger partial charge in [-0.25, -0.2) is 4.79 Å². The van der Waals surface area contributed by atoms with Gasteiger partial charge in [-0.3, -0.25) is 4.79 Å². The van der Waals surface area contributed by atoms with Gasteiger partial charge in [0, 0.05) is 23.2 Å². The van der Waals surface area contributed by atoms with Crippen LogP contribution in [0.1, 0.15) is 12.8 Å². The van der Waals surface area contributed by atoms with Crippen LogP contribution in [0.3, 0.4) is 0 Å². The molecule has 1 heterocycles. The Kier molecular flexibility index (Phi) is 4.79. The first-order chi connectivity index (χ1) is 9.15. The Balaban J connectivity index is 1.75. The van der Waals surface area contributed by atoms with E-state index in [0.29, 0.717) is 5.69 Å². The van der Waals surface area contributed by atoms with Crippen molar-refractivity contribution in [3.8, 4) is 0 Å². The summed E-state index contributed by atoms with van der Waals surface area (Å²) in [7, 11) is 0. The van der Waals surface area contributed by atoms with Crippen LogP contribution in [0.15, 0.2) is 28.7 Å². The molecule has 0 radical (unpaired) electrons. The summed E-state index contributed by atoms with van der Waals surface area (Å²) in [4.78, 5) is 25.1. The van der Waals surface area contributed by atoms with Crippen molar-refractivity contribution < 1.29 is 9.59 Å². The van der Waals surface area contributed by atoms with E-state index in [9.17, 15) is 9.59 Å². The topological polar surface area (TPSA) is 61.4 Å². The second-order valence-electron chi connectivity index (χ2n) is 4.40. The van der Waals surface area contributed by atoms with Crippen LogP contribution in [0.25, 0.3) is 0 Å². The molecule has 0 spiro atoms. The van der Waals surface area contributed by atoms with Crippen LogP contribution in [-0.2, 0) is 4.79 Å². The number of nitrogens with zero attached hydrogens (tertiary/aromatic N) is 1. The van der Waals surface area contributed by atoms with Crippen LogP contribution in [0.2, 0.25) is 0 Å². The summed E-state index contributed by atoms with van der Waals surface area (Å²) in [5.74, 6) is -0.0246. The summed E-state index contributed by atoms with van der Waals surface area (Å²) in [6.07, 6.45) is 2.10. The summed E-state index contributed by atoms with van der Waals surface area (Å²) < 4.78 is 0.947. The Morgan fingerprint density at radius 2 is 1.79 bits per heavy atom. The fourth-order valence-corrected chi connectivity index (χ4v) is 2.21. The number of rotatable bonds is 3. The number of hydrogen-bond acceptors (Lipinski definition) is 2. The van der Waals surface area contributed by atoms with Crippen molar-refractivity contribution >= 4 is 33.6 Å². The van der Waals surface area contributed by atoms with Crippen LogP contribution in [0.4, 0.5) is 10.5 Å². The van der Waals surface area contributed by atoms with Gasteiger partial charge in [0.15, 0.2) is 0 Å². The zero-order valence-electron chi connectivity index (χ0n) is 10.5. The average molecular weight is 326 g/mol. The van der Waals surface area contributed by atoms with E-state index < -0.39 is 0 Å². The average Bonchev–Trinajstić information content (AvgIpc) is 2.93. The lowest BCUT2D eigenvalue weighted by Crippen LogP contribution is -2.40. The lowest BCUT2D eigenvalue weighted by molar-refractivity contribution is -0.128. The number of halogens is 1. The van der Waals surface area contributed by atoms with E-state index in [1.807, 2.05) is 12.1 Å². The molecule has 1 aromatic carbocycles. The molecule has 1 aliphatic rings. The molecule has 0 aromatic heterocycles. The summed E-state index contributed by atoms with van der Waals surface area (Å²) in [6.45, 7) is 1.64. The molecule has 19 heavy (non-hydrogen) atoms. The zero-order valence-corrected chi connectivity index (χ0v) is 12.1. The molecule has 5 nitrogen and oxygen atoms in total. The first-order valence-electron chi connectivity index (χ1n) is 6.23. The summed E-state index contributed by atoms with van der Waals surface area (Å²) in [6, 6.07) is 6.88. The van der Waals surface area contributed by atoms with E-state index in [1.54, 1.807) is 17.0 Å². The molecule has 1 fully saturated rings. The van der Waals surface area contributed by atoms with E-state index in [2.05, 4.69) is 26.6 Å². The minimum Gasteiger partial charge on any atom is -0.341 e. The lowest BCUT2D eigenvalue weighted by atomic mass is 10.3. The van der Waals surface area contributed by atoms with Crippen molar-refractivity contribution in [2.24, 2.45) is 0 Å². The van der Waals surface area contributed by atoms with Crippen LogP contribution in [-0.4, -0.2) is 36.5 Å². The van der Waals surface area contributed by atoms with Gasteiger partial charge < -0.3 is 15.5 Å². The minimum absolute atomic E-state index is 0.0246. The second kappa shape index (κ2) is 6.56. The van der Waals surface area contributed by atoms with E-state index in [4.69, 9.17) is 0 Å². The first kappa shape index (κ1) is 13.9. The molecule has 2 N–H and O–H groups in total. The minimum atomic E-state index is -0.366. The van der Waals surface area contributed by atoms with Gasteiger partial charge in [-0.1, -0.05) is 15.9 Å². The molecule has 0 saturated carbocycles. The van der Waals surface area contributed by atoms with Crippen molar-refractivity contribution in [2.45, 2.75) is 12.8 Å². The van der Waals surface area contributed by atoms with E-state index in [-0.39, 0.29) is 18.5 Å². The second-order valence-corrected chi connectivity index (χ2v) is 5.32. The van der Waals surface area contributed by atoms with Crippen molar-refractivity contribution in [3.05, 3.63) is 28.7 Å². The van der Waals surface area contributed by atoms with Gasteiger partial charge in [-0.05, 0) is 37.1 Å². The Morgan fingerprint density at radius 1 is 1.16 bits per heavy atom. The molecular weight excluding hydrogens is 310 g/mol. The molecular formula is C13H16BrN3O2. The number of carbonyl (C=O) groups is 2. The maximum atomic E-state index is 11.7. The maximum absolute atomic E-state index is 11.7. The van der Waals surface area contributed by atoms with Gasteiger partial charge in [-0.15, -0.1) is 0 Å². The number of carbonyl (C=O) groups excluding carboxylic acids is 2. The largest absolute Gasteiger partial charge is 0.341 e. The van der Waals surface area contributed by atoms with Gasteiger partial charge in [0.25, 0.3) is 0 Å². The van der Waals surface area contributed by atoms with E-state index in [1.165, 1.54) is 0 Å². The van der Waals surface area contributed by atoms with Crippen LogP contribution >= 0.6 is 15.9 Å². The highest BCUT2D eigenvalue weighted by Crippen LogP contribution is 2.13. The fourth-order valence-electron chi connectivity index (χ4n) is 1.94. The van der Waals surface area contributed by atoms with Crippen LogP contribution in [0.5, 0.6) is 0 Å². The van der Waals surface area contributed by atoms with Crippen LogP contribution in [0, 0.1) is 0 Å². The van der Waals surface area contributed by atoms with Crippen molar-refractivity contribution in [1.29, 1.82) is 0 Å². The molecule has 102 valence electrons. The number of hydrogen-bond donors (Lipinski definition) is 2. The van der Waals surface area contributed by atoms with Gasteiger partial charge in [0.05, 0.1) is 6.54 Å². The van der Waals surface area contributed by atoms with Gasteiger partial charge in [-0.2, -0.15) is 0 Å². The highest BCUT2D eigenvalue weighted by atomic mass is 79.9. The number of anilines is 1. The highest BCUT2D eigenvalue weighted by molar-refractivity contribution is 9.10. The normalized spacial score (nSPS) is 14.3. The van der Waals surface area contributed by atoms with Gasteiger partial charge >= 0.3 is 6.03 Å². The zero-order chi connectivity index (χ0) is 13.7. The monoisotopic (exact) mass is 325 g/mol.